The molecule has 5 nitrogen and oxygen atoms in total. The van der Waals surface area contributed by atoms with Crippen molar-refractivity contribution in [3.8, 4) is 0 Å². The second-order valence-corrected chi connectivity index (χ2v) is 9.59. The first-order valence-electron chi connectivity index (χ1n) is 9.99. The van der Waals surface area contributed by atoms with Crippen LogP contribution in [0.25, 0.3) is 5.65 Å². The molecule has 0 aliphatic heterocycles. The second kappa shape index (κ2) is 9.26. The quantitative estimate of drug-likeness (QED) is 0.273. The van der Waals surface area contributed by atoms with E-state index < -0.39 is 0 Å². The van der Waals surface area contributed by atoms with Crippen LogP contribution in [-0.4, -0.2) is 24.1 Å². The van der Waals surface area contributed by atoms with Gasteiger partial charge in [-0.05, 0) is 35.6 Å². The first kappa shape index (κ1) is 20.3. The summed E-state index contributed by atoms with van der Waals surface area (Å²) >= 11 is 9.52. The molecule has 156 valence electrons. The van der Waals surface area contributed by atoms with E-state index in [4.69, 9.17) is 11.6 Å². The number of hydrogen-bond acceptors (Lipinski definition) is 5. The number of thiophene rings is 1. The lowest BCUT2D eigenvalue weighted by molar-refractivity contribution is 0.610. The van der Waals surface area contributed by atoms with Crippen molar-refractivity contribution >= 4 is 40.3 Å². The molecular weight excluding hydrogens is 446 g/mol. The summed E-state index contributed by atoms with van der Waals surface area (Å²) < 4.78 is 4.21. The average molecular weight is 466 g/mol. The van der Waals surface area contributed by atoms with Gasteiger partial charge in [-0.15, -0.1) is 21.5 Å². The van der Waals surface area contributed by atoms with Gasteiger partial charge < -0.3 is 8.97 Å². The van der Waals surface area contributed by atoms with Gasteiger partial charge in [-0.1, -0.05) is 59.8 Å². The molecule has 0 amide bonds. The van der Waals surface area contributed by atoms with Gasteiger partial charge in [-0.2, -0.15) is 0 Å². The van der Waals surface area contributed by atoms with Crippen molar-refractivity contribution in [2.24, 2.45) is 0 Å². The highest BCUT2D eigenvalue weighted by molar-refractivity contribution is 7.98. The van der Waals surface area contributed by atoms with Crippen molar-refractivity contribution in [3.05, 3.63) is 99.4 Å². The summed E-state index contributed by atoms with van der Waals surface area (Å²) in [6.45, 7) is 0.848. The summed E-state index contributed by atoms with van der Waals surface area (Å²) in [5.41, 5.74) is 3.19. The van der Waals surface area contributed by atoms with E-state index in [1.165, 1.54) is 10.4 Å². The van der Waals surface area contributed by atoms with Crippen LogP contribution >= 0.6 is 34.7 Å². The van der Waals surface area contributed by atoms with E-state index in [-0.39, 0.29) is 0 Å². The molecule has 0 aliphatic rings. The third-order valence-electron chi connectivity index (χ3n) is 4.99. The maximum Gasteiger partial charge on any atom is 0.191 e. The number of nitrogens with zero attached hydrogens (tertiary/aromatic N) is 5. The number of benzene rings is 1. The van der Waals surface area contributed by atoms with Crippen LogP contribution in [-0.2, 0) is 25.1 Å². The molecule has 0 bridgehead atoms. The number of aromatic nitrogens is 5. The molecule has 8 heteroatoms. The molecule has 0 saturated carbocycles. The van der Waals surface area contributed by atoms with E-state index >= 15 is 0 Å². The molecule has 0 spiro atoms. The highest BCUT2D eigenvalue weighted by Crippen LogP contribution is 2.24. The van der Waals surface area contributed by atoms with Crippen LogP contribution in [0.3, 0.4) is 0 Å². The van der Waals surface area contributed by atoms with Gasteiger partial charge in [0.1, 0.15) is 11.5 Å². The van der Waals surface area contributed by atoms with Crippen molar-refractivity contribution < 1.29 is 0 Å². The van der Waals surface area contributed by atoms with E-state index in [2.05, 4.69) is 61.5 Å². The van der Waals surface area contributed by atoms with E-state index in [1.807, 2.05) is 35.0 Å². The summed E-state index contributed by atoms with van der Waals surface area (Å²) in [5.74, 6) is 1.73. The second-order valence-electron chi connectivity index (χ2n) is 7.18. The number of pyridine rings is 1. The van der Waals surface area contributed by atoms with Crippen molar-refractivity contribution in [3.63, 3.8) is 0 Å². The number of rotatable bonds is 8. The van der Waals surface area contributed by atoms with Gasteiger partial charge in [0.25, 0.3) is 0 Å². The van der Waals surface area contributed by atoms with Crippen LogP contribution in [0.1, 0.15) is 22.0 Å². The SMILES string of the molecule is Clc1ccc2nc(CSc3nnc(Cc4cccs4)n3CCc3ccccc3)cn2c1. The molecule has 0 fully saturated rings. The van der Waals surface area contributed by atoms with Crippen LogP contribution in [0.15, 0.2) is 77.5 Å². The predicted octanol–water partition coefficient (Wildman–Crippen LogP) is 5.77. The summed E-state index contributed by atoms with van der Waals surface area (Å²) in [6.07, 6.45) is 5.63. The van der Waals surface area contributed by atoms with Crippen LogP contribution in [0.2, 0.25) is 5.02 Å². The van der Waals surface area contributed by atoms with E-state index in [9.17, 15) is 0 Å². The Labute approximate surface area is 193 Å². The van der Waals surface area contributed by atoms with Crippen LogP contribution in [0.4, 0.5) is 0 Å². The first-order valence-corrected chi connectivity index (χ1v) is 12.2. The Morgan fingerprint density at radius 1 is 0.968 bits per heavy atom. The Balaban J connectivity index is 1.36. The molecule has 0 N–H and O–H groups in total. The summed E-state index contributed by atoms with van der Waals surface area (Å²) in [5, 5.41) is 12.8. The minimum Gasteiger partial charge on any atom is -0.305 e. The van der Waals surface area contributed by atoms with Crippen molar-refractivity contribution in [2.75, 3.05) is 0 Å². The summed E-state index contributed by atoms with van der Waals surface area (Å²) in [4.78, 5) is 5.98. The maximum absolute atomic E-state index is 6.09. The van der Waals surface area contributed by atoms with Crippen molar-refractivity contribution in [1.82, 2.24) is 24.1 Å². The number of fused-ring (bicyclic) bond motifs is 1. The van der Waals surface area contributed by atoms with Crippen molar-refractivity contribution in [2.45, 2.75) is 30.3 Å². The fraction of sp³-hybridized carbons (Fsp3) is 0.174. The predicted molar refractivity (Wildman–Crippen MR) is 127 cm³/mol. The van der Waals surface area contributed by atoms with Crippen molar-refractivity contribution in [1.29, 1.82) is 0 Å². The third-order valence-corrected chi connectivity index (χ3v) is 7.09. The molecule has 5 rings (SSSR count). The van der Waals surface area contributed by atoms with Gasteiger partial charge in [0.05, 0.1) is 10.7 Å². The van der Waals surface area contributed by atoms with E-state index in [0.717, 1.165) is 47.5 Å². The summed E-state index contributed by atoms with van der Waals surface area (Å²) in [7, 11) is 0. The zero-order valence-electron chi connectivity index (χ0n) is 16.7. The highest BCUT2D eigenvalue weighted by atomic mass is 35.5. The Kier molecular flexibility index (Phi) is 6.06. The van der Waals surface area contributed by atoms with Gasteiger partial charge >= 0.3 is 0 Å². The molecule has 0 radical (unpaired) electrons. The molecule has 4 heterocycles. The number of thioether (sulfide) groups is 1. The zero-order valence-corrected chi connectivity index (χ0v) is 19.1. The molecule has 1 aromatic carbocycles. The van der Waals surface area contributed by atoms with Gasteiger partial charge in [0.2, 0.25) is 0 Å². The van der Waals surface area contributed by atoms with Gasteiger partial charge in [-0.3, -0.25) is 0 Å². The van der Waals surface area contributed by atoms with Gasteiger partial charge in [0.15, 0.2) is 5.16 Å². The zero-order chi connectivity index (χ0) is 21.0. The lowest BCUT2D eigenvalue weighted by atomic mass is 10.1. The monoisotopic (exact) mass is 465 g/mol. The maximum atomic E-state index is 6.09. The Hall–Kier alpha value is -2.61. The third kappa shape index (κ3) is 4.84. The number of aryl methyl sites for hydroxylation is 1. The Morgan fingerprint density at radius 3 is 2.71 bits per heavy atom. The fourth-order valence-corrected chi connectivity index (χ4v) is 5.20. The van der Waals surface area contributed by atoms with Gasteiger partial charge in [0, 0.05) is 36.0 Å². The molecule has 0 aliphatic carbocycles. The van der Waals surface area contributed by atoms with Crippen LogP contribution < -0.4 is 0 Å². The molecule has 0 atom stereocenters. The number of hydrogen-bond donors (Lipinski definition) is 0. The minimum absolute atomic E-state index is 0.697. The Morgan fingerprint density at radius 2 is 1.87 bits per heavy atom. The largest absolute Gasteiger partial charge is 0.305 e. The topological polar surface area (TPSA) is 48.0 Å². The molecular formula is C23H20ClN5S2. The van der Waals surface area contributed by atoms with E-state index in [0.29, 0.717) is 5.02 Å². The number of halogens is 1. The first-order chi connectivity index (χ1) is 15.2. The average Bonchev–Trinajstić information content (AvgIpc) is 3.52. The van der Waals surface area contributed by atoms with E-state index in [1.54, 1.807) is 23.1 Å². The molecule has 31 heavy (non-hydrogen) atoms. The Bertz CT molecular complexity index is 1280. The summed E-state index contributed by atoms with van der Waals surface area (Å²) in [6, 6.07) is 18.6. The van der Waals surface area contributed by atoms with Gasteiger partial charge in [-0.25, -0.2) is 4.98 Å². The fourth-order valence-electron chi connectivity index (χ4n) is 3.46. The normalized spacial score (nSPS) is 11.4. The molecule has 0 unspecified atom stereocenters. The molecule has 4 aromatic heterocycles. The highest BCUT2D eigenvalue weighted by Gasteiger charge is 2.15. The standard InChI is InChI=1S/C23H20ClN5S2/c24-18-8-9-21-25-19(15-28(21)14-18)16-31-23-27-26-22(13-20-7-4-12-30-20)29(23)11-10-17-5-2-1-3-6-17/h1-9,12,14-15H,10-11,13,16H2. The number of imidazole rings is 1. The lowest BCUT2D eigenvalue weighted by Crippen LogP contribution is -2.08. The van der Waals surface area contributed by atoms with Crippen LogP contribution in [0.5, 0.6) is 0 Å². The molecule has 0 saturated heterocycles. The molecule has 5 aromatic rings. The van der Waals surface area contributed by atoms with Crippen LogP contribution in [0, 0.1) is 0 Å². The lowest BCUT2D eigenvalue weighted by Gasteiger charge is -2.10. The minimum atomic E-state index is 0.697. The smallest absolute Gasteiger partial charge is 0.191 e.